The molecule has 5 nitrogen and oxygen atoms in total. The van der Waals surface area contributed by atoms with Crippen molar-refractivity contribution >= 4 is 11.9 Å². The van der Waals surface area contributed by atoms with Crippen molar-refractivity contribution in [3.8, 4) is 0 Å². The molecule has 5 heteroatoms. The van der Waals surface area contributed by atoms with E-state index in [1.807, 2.05) is 30.3 Å². The number of piperidine rings is 1. The summed E-state index contributed by atoms with van der Waals surface area (Å²) in [4.78, 5) is 25.0. The summed E-state index contributed by atoms with van der Waals surface area (Å²) in [5, 5.41) is 9.19. The molecular formula is C15H20N2O3. The number of carboxylic acids is 1. The van der Waals surface area contributed by atoms with Gasteiger partial charge in [0.1, 0.15) is 6.04 Å². The summed E-state index contributed by atoms with van der Waals surface area (Å²) >= 11 is 0. The van der Waals surface area contributed by atoms with Crippen molar-refractivity contribution in [2.24, 2.45) is 5.73 Å². The summed E-state index contributed by atoms with van der Waals surface area (Å²) in [5.74, 6) is -1.20. The maximum atomic E-state index is 12.4. The largest absolute Gasteiger partial charge is 0.480 e. The number of carbonyl (C=O) groups is 2. The molecule has 2 rings (SSSR count). The van der Waals surface area contributed by atoms with Gasteiger partial charge in [0.25, 0.3) is 0 Å². The Hall–Kier alpha value is -1.88. The molecule has 108 valence electrons. The molecule has 1 aromatic carbocycles. The van der Waals surface area contributed by atoms with Crippen molar-refractivity contribution in [1.82, 2.24) is 4.90 Å². The zero-order valence-corrected chi connectivity index (χ0v) is 11.4. The number of carboxylic acid groups (broad SMARTS) is 1. The maximum absolute atomic E-state index is 12.4. The zero-order valence-electron chi connectivity index (χ0n) is 11.4. The van der Waals surface area contributed by atoms with Crippen molar-refractivity contribution < 1.29 is 14.7 Å². The smallest absolute Gasteiger partial charge is 0.326 e. The normalized spacial score (nSPS) is 20.4. The first-order chi connectivity index (χ1) is 9.59. The van der Waals surface area contributed by atoms with Gasteiger partial charge >= 0.3 is 5.97 Å². The molecule has 1 saturated heterocycles. The first-order valence-corrected chi connectivity index (χ1v) is 6.92. The van der Waals surface area contributed by atoms with E-state index in [0.717, 1.165) is 18.4 Å². The minimum atomic E-state index is -0.940. The third kappa shape index (κ3) is 3.36. The van der Waals surface area contributed by atoms with Gasteiger partial charge in [0, 0.05) is 6.54 Å². The van der Waals surface area contributed by atoms with Crippen molar-refractivity contribution in [2.45, 2.75) is 37.8 Å². The Morgan fingerprint density at radius 2 is 2.00 bits per heavy atom. The number of carbonyl (C=O) groups excluding carboxylic acids is 1. The first kappa shape index (κ1) is 14.5. The molecule has 20 heavy (non-hydrogen) atoms. The van der Waals surface area contributed by atoms with Gasteiger partial charge in [-0.2, -0.15) is 0 Å². The van der Waals surface area contributed by atoms with Gasteiger partial charge in [-0.3, -0.25) is 4.79 Å². The Labute approximate surface area is 118 Å². The van der Waals surface area contributed by atoms with Crippen molar-refractivity contribution in [3.05, 3.63) is 35.9 Å². The molecule has 1 heterocycles. The first-order valence-electron chi connectivity index (χ1n) is 6.92. The highest BCUT2D eigenvalue weighted by Gasteiger charge is 2.34. The summed E-state index contributed by atoms with van der Waals surface area (Å²) in [6, 6.07) is 8.12. The molecule has 0 bridgehead atoms. The number of amides is 1. The molecule has 1 aliphatic rings. The number of nitrogens with zero attached hydrogens (tertiary/aromatic N) is 1. The average molecular weight is 276 g/mol. The van der Waals surface area contributed by atoms with Crippen LogP contribution in [0.5, 0.6) is 0 Å². The fraction of sp³-hybridized carbons (Fsp3) is 0.467. The second-order valence-corrected chi connectivity index (χ2v) is 5.18. The highest BCUT2D eigenvalue weighted by atomic mass is 16.4. The molecule has 0 radical (unpaired) electrons. The molecule has 0 saturated carbocycles. The zero-order chi connectivity index (χ0) is 14.5. The van der Waals surface area contributed by atoms with E-state index < -0.39 is 18.1 Å². The second-order valence-electron chi connectivity index (χ2n) is 5.18. The highest BCUT2D eigenvalue weighted by molar-refractivity contribution is 5.87. The second kappa shape index (κ2) is 6.52. The van der Waals surface area contributed by atoms with Crippen molar-refractivity contribution in [3.63, 3.8) is 0 Å². The number of benzene rings is 1. The number of hydrogen-bond donors (Lipinski definition) is 2. The van der Waals surface area contributed by atoms with E-state index in [9.17, 15) is 14.7 Å². The molecular weight excluding hydrogens is 256 g/mol. The molecule has 2 atom stereocenters. The lowest BCUT2D eigenvalue weighted by molar-refractivity contribution is -0.152. The molecule has 1 aromatic rings. The molecule has 3 N–H and O–H groups in total. The predicted molar refractivity (Wildman–Crippen MR) is 75.1 cm³/mol. The van der Waals surface area contributed by atoms with Gasteiger partial charge in [0.05, 0.1) is 6.04 Å². The number of likely N-dealkylation sites (tertiary alicyclic amines) is 1. The Morgan fingerprint density at radius 3 is 2.65 bits per heavy atom. The Kier molecular flexibility index (Phi) is 4.74. The van der Waals surface area contributed by atoms with Crippen LogP contribution < -0.4 is 5.73 Å². The lowest BCUT2D eigenvalue weighted by Gasteiger charge is -2.34. The minimum Gasteiger partial charge on any atom is -0.480 e. The highest BCUT2D eigenvalue weighted by Crippen LogP contribution is 2.18. The molecule has 1 aliphatic heterocycles. The number of aliphatic carboxylic acids is 1. The van der Waals surface area contributed by atoms with E-state index in [-0.39, 0.29) is 5.91 Å². The average Bonchev–Trinajstić information content (AvgIpc) is 2.47. The van der Waals surface area contributed by atoms with Crippen LogP contribution in [0.1, 0.15) is 24.8 Å². The number of rotatable bonds is 4. The third-order valence-corrected chi connectivity index (χ3v) is 3.69. The Morgan fingerprint density at radius 1 is 1.30 bits per heavy atom. The summed E-state index contributed by atoms with van der Waals surface area (Å²) in [6.45, 7) is 0.484. The number of nitrogens with two attached hydrogens (primary N) is 1. The van der Waals surface area contributed by atoms with E-state index in [1.54, 1.807) is 0 Å². The molecule has 1 amide bonds. The van der Waals surface area contributed by atoms with Crippen LogP contribution in [0.25, 0.3) is 0 Å². The van der Waals surface area contributed by atoms with Crippen molar-refractivity contribution in [2.75, 3.05) is 6.54 Å². The van der Waals surface area contributed by atoms with E-state index in [4.69, 9.17) is 5.73 Å². The van der Waals surface area contributed by atoms with Gasteiger partial charge in [0.15, 0.2) is 0 Å². The van der Waals surface area contributed by atoms with Crippen LogP contribution in [0.3, 0.4) is 0 Å². The summed E-state index contributed by atoms with van der Waals surface area (Å²) < 4.78 is 0. The van der Waals surface area contributed by atoms with Gasteiger partial charge in [-0.05, 0) is 31.2 Å². The molecule has 1 fully saturated rings. The Balaban J connectivity index is 2.03. The van der Waals surface area contributed by atoms with Crippen LogP contribution in [-0.4, -0.2) is 40.5 Å². The molecule has 2 unspecified atom stereocenters. The topological polar surface area (TPSA) is 83.6 Å². The summed E-state index contributed by atoms with van der Waals surface area (Å²) in [6.07, 6.45) is 2.63. The van der Waals surface area contributed by atoms with Crippen LogP contribution in [0.15, 0.2) is 30.3 Å². The third-order valence-electron chi connectivity index (χ3n) is 3.69. The molecule has 0 spiro atoms. The number of hydrogen-bond acceptors (Lipinski definition) is 3. The summed E-state index contributed by atoms with van der Waals surface area (Å²) in [7, 11) is 0. The minimum absolute atomic E-state index is 0.263. The lowest BCUT2D eigenvalue weighted by Crippen LogP contribution is -2.54. The van der Waals surface area contributed by atoms with Crippen LogP contribution in [0.2, 0.25) is 0 Å². The van der Waals surface area contributed by atoms with E-state index in [0.29, 0.717) is 19.4 Å². The standard InChI is InChI=1S/C15H20N2O3/c16-12(10-11-6-2-1-3-7-11)14(18)17-9-5-4-8-13(17)15(19)20/h1-3,6-7,12-13H,4-5,8-10,16H2,(H,19,20). The van der Waals surface area contributed by atoms with Crippen LogP contribution >= 0.6 is 0 Å². The fourth-order valence-electron chi connectivity index (χ4n) is 2.62. The Bertz CT molecular complexity index is 475. The monoisotopic (exact) mass is 276 g/mol. The quantitative estimate of drug-likeness (QED) is 0.860. The van der Waals surface area contributed by atoms with Gasteiger partial charge in [-0.1, -0.05) is 30.3 Å². The van der Waals surface area contributed by atoms with E-state index in [2.05, 4.69) is 0 Å². The van der Waals surface area contributed by atoms with Gasteiger partial charge < -0.3 is 15.7 Å². The van der Waals surface area contributed by atoms with Crippen LogP contribution in [0, 0.1) is 0 Å². The fourth-order valence-corrected chi connectivity index (χ4v) is 2.62. The van der Waals surface area contributed by atoms with Gasteiger partial charge in [-0.15, -0.1) is 0 Å². The summed E-state index contributed by atoms with van der Waals surface area (Å²) in [5.41, 5.74) is 6.94. The lowest BCUT2D eigenvalue weighted by atomic mass is 9.99. The van der Waals surface area contributed by atoms with Gasteiger partial charge in [-0.25, -0.2) is 4.79 Å². The SMILES string of the molecule is NC(Cc1ccccc1)C(=O)N1CCCCC1C(=O)O. The van der Waals surface area contributed by atoms with E-state index in [1.165, 1.54) is 4.90 Å². The van der Waals surface area contributed by atoms with Crippen molar-refractivity contribution in [1.29, 1.82) is 0 Å². The van der Waals surface area contributed by atoms with Crippen LogP contribution in [0.4, 0.5) is 0 Å². The molecule has 0 aromatic heterocycles. The van der Waals surface area contributed by atoms with E-state index >= 15 is 0 Å². The maximum Gasteiger partial charge on any atom is 0.326 e. The van der Waals surface area contributed by atoms with Crippen LogP contribution in [-0.2, 0) is 16.0 Å². The molecule has 0 aliphatic carbocycles. The predicted octanol–water partition coefficient (Wildman–Crippen LogP) is 1.02. The van der Waals surface area contributed by atoms with Gasteiger partial charge in [0.2, 0.25) is 5.91 Å².